The number of hydrogen-bond donors (Lipinski definition) is 2. The number of benzene rings is 2. The van der Waals surface area contributed by atoms with Crippen LogP contribution in [0, 0.1) is 0 Å². The highest BCUT2D eigenvalue weighted by Gasteiger charge is 2.22. The molecule has 0 fully saturated rings. The number of quaternary nitrogens is 1. The summed E-state index contributed by atoms with van der Waals surface area (Å²) in [5.74, 6) is -0.138. The standard InChI is InChI=1S/C18H17Cl2N3OS/c1-11(18-21-14-8-3-4-9-15(14)25-18)23(2)10-16(24)22-17-12(19)6-5-7-13(17)20/h3-9,11H,10H2,1-2H3,(H,22,24)/p+1/t11-/m1/s1. The molecular formula is C18H18Cl2N3OS+. The van der Waals surface area contributed by atoms with Crippen LogP contribution in [-0.2, 0) is 4.79 Å². The van der Waals surface area contributed by atoms with Crippen LogP contribution in [0.1, 0.15) is 18.0 Å². The minimum Gasteiger partial charge on any atom is -0.322 e. The fourth-order valence-electron chi connectivity index (χ4n) is 2.49. The Labute approximate surface area is 160 Å². The summed E-state index contributed by atoms with van der Waals surface area (Å²) >= 11 is 13.9. The van der Waals surface area contributed by atoms with E-state index < -0.39 is 0 Å². The van der Waals surface area contributed by atoms with E-state index in [4.69, 9.17) is 23.2 Å². The van der Waals surface area contributed by atoms with Gasteiger partial charge in [-0.3, -0.25) is 4.79 Å². The number of halogens is 2. The van der Waals surface area contributed by atoms with Crippen LogP contribution in [0.25, 0.3) is 10.2 Å². The number of amides is 1. The minimum absolute atomic E-state index is 0.102. The lowest BCUT2D eigenvalue weighted by Crippen LogP contribution is -3.10. The van der Waals surface area contributed by atoms with E-state index >= 15 is 0 Å². The third kappa shape index (κ3) is 4.12. The first-order valence-electron chi connectivity index (χ1n) is 7.87. The van der Waals surface area contributed by atoms with Crippen molar-refractivity contribution in [1.29, 1.82) is 0 Å². The molecule has 3 rings (SSSR count). The SMILES string of the molecule is C[C@H](c1nc2ccccc2s1)[NH+](C)CC(=O)Nc1c(Cl)cccc1Cl. The summed E-state index contributed by atoms with van der Waals surface area (Å²) < 4.78 is 1.16. The molecule has 0 saturated carbocycles. The summed E-state index contributed by atoms with van der Waals surface area (Å²) in [4.78, 5) is 18.1. The van der Waals surface area contributed by atoms with Crippen LogP contribution in [0.4, 0.5) is 5.69 Å². The maximum absolute atomic E-state index is 12.4. The Hall–Kier alpha value is -1.66. The van der Waals surface area contributed by atoms with E-state index in [1.165, 1.54) is 0 Å². The molecule has 0 aliphatic rings. The number of likely N-dealkylation sites (N-methyl/N-ethyl adjacent to an activating group) is 1. The predicted molar refractivity (Wildman–Crippen MR) is 105 cm³/mol. The first-order valence-corrected chi connectivity index (χ1v) is 9.44. The molecule has 3 aromatic rings. The Morgan fingerprint density at radius 1 is 1.20 bits per heavy atom. The van der Waals surface area contributed by atoms with E-state index in [2.05, 4.69) is 23.3 Å². The molecule has 130 valence electrons. The number of carbonyl (C=O) groups is 1. The van der Waals surface area contributed by atoms with Gasteiger partial charge in [-0.2, -0.15) is 0 Å². The minimum atomic E-state index is -0.138. The van der Waals surface area contributed by atoms with E-state index in [1.807, 2.05) is 25.2 Å². The molecule has 0 aliphatic carbocycles. The van der Waals surface area contributed by atoms with Gasteiger partial charge in [0.2, 0.25) is 0 Å². The summed E-state index contributed by atoms with van der Waals surface area (Å²) in [6.45, 7) is 2.36. The third-order valence-electron chi connectivity index (χ3n) is 4.09. The number of fused-ring (bicyclic) bond motifs is 1. The Balaban J connectivity index is 1.68. The number of thiazole rings is 1. The van der Waals surface area contributed by atoms with Gasteiger partial charge in [0.1, 0.15) is 6.04 Å². The highest BCUT2D eigenvalue weighted by Crippen LogP contribution is 2.29. The van der Waals surface area contributed by atoms with Crippen molar-refractivity contribution in [1.82, 2.24) is 4.98 Å². The fourth-order valence-corrected chi connectivity index (χ4v) is 4.10. The third-order valence-corrected chi connectivity index (χ3v) is 5.94. The number of carbonyl (C=O) groups excluding carboxylic acids is 1. The van der Waals surface area contributed by atoms with Crippen molar-refractivity contribution >= 4 is 56.3 Å². The second-order valence-electron chi connectivity index (χ2n) is 5.91. The molecule has 1 heterocycles. The Kier molecular flexibility index (Phi) is 5.59. The topological polar surface area (TPSA) is 46.4 Å². The van der Waals surface area contributed by atoms with Gasteiger partial charge in [-0.25, -0.2) is 4.98 Å². The fraction of sp³-hybridized carbons (Fsp3) is 0.222. The Bertz CT molecular complexity index is 859. The van der Waals surface area contributed by atoms with Crippen molar-refractivity contribution in [3.8, 4) is 0 Å². The first kappa shape index (κ1) is 18.1. The van der Waals surface area contributed by atoms with Gasteiger partial charge >= 0.3 is 0 Å². The monoisotopic (exact) mass is 394 g/mol. The van der Waals surface area contributed by atoms with E-state index in [9.17, 15) is 4.79 Å². The highest BCUT2D eigenvalue weighted by molar-refractivity contribution is 7.18. The van der Waals surface area contributed by atoms with Crippen LogP contribution >= 0.6 is 34.5 Å². The quantitative estimate of drug-likeness (QED) is 0.690. The molecule has 2 aromatic carbocycles. The smallest absolute Gasteiger partial charge is 0.279 e. The van der Waals surface area contributed by atoms with Crippen molar-refractivity contribution in [2.24, 2.45) is 0 Å². The van der Waals surface area contributed by atoms with Crippen molar-refractivity contribution < 1.29 is 9.69 Å². The number of para-hydroxylation sites is 2. The number of aromatic nitrogens is 1. The zero-order valence-electron chi connectivity index (χ0n) is 13.8. The van der Waals surface area contributed by atoms with E-state index in [0.29, 0.717) is 22.3 Å². The maximum atomic E-state index is 12.4. The zero-order valence-corrected chi connectivity index (χ0v) is 16.2. The van der Waals surface area contributed by atoms with Gasteiger partial charge in [-0.1, -0.05) is 41.4 Å². The number of anilines is 1. The first-order chi connectivity index (χ1) is 12.0. The molecule has 0 radical (unpaired) electrons. The van der Waals surface area contributed by atoms with Gasteiger partial charge < -0.3 is 10.2 Å². The molecule has 0 aliphatic heterocycles. The predicted octanol–water partition coefficient (Wildman–Crippen LogP) is 3.82. The van der Waals surface area contributed by atoms with E-state index in [1.54, 1.807) is 29.5 Å². The largest absolute Gasteiger partial charge is 0.322 e. The summed E-state index contributed by atoms with van der Waals surface area (Å²) in [7, 11) is 1.98. The molecule has 1 unspecified atom stereocenters. The highest BCUT2D eigenvalue weighted by atomic mass is 35.5. The van der Waals surface area contributed by atoms with Gasteiger partial charge in [-0.15, -0.1) is 11.3 Å². The average Bonchev–Trinajstić information content (AvgIpc) is 3.01. The summed E-state index contributed by atoms with van der Waals surface area (Å²) in [6.07, 6.45) is 0. The van der Waals surface area contributed by atoms with Gasteiger partial charge in [0, 0.05) is 0 Å². The molecule has 25 heavy (non-hydrogen) atoms. The second-order valence-corrected chi connectivity index (χ2v) is 7.79. The summed E-state index contributed by atoms with van der Waals surface area (Å²) in [6, 6.07) is 13.3. The molecular weight excluding hydrogens is 377 g/mol. The van der Waals surface area contributed by atoms with Crippen LogP contribution in [-0.4, -0.2) is 24.5 Å². The van der Waals surface area contributed by atoms with Crippen molar-refractivity contribution in [2.45, 2.75) is 13.0 Å². The summed E-state index contributed by atoms with van der Waals surface area (Å²) in [5, 5.41) is 4.67. The van der Waals surface area contributed by atoms with Gasteiger partial charge in [0.15, 0.2) is 11.6 Å². The van der Waals surface area contributed by atoms with E-state index in [0.717, 1.165) is 20.1 Å². The Morgan fingerprint density at radius 2 is 1.88 bits per heavy atom. The van der Waals surface area contributed by atoms with Gasteiger partial charge in [0.05, 0.1) is 33.0 Å². The van der Waals surface area contributed by atoms with Crippen LogP contribution in [0.5, 0.6) is 0 Å². The second kappa shape index (κ2) is 7.70. The van der Waals surface area contributed by atoms with Gasteiger partial charge in [0.25, 0.3) is 5.91 Å². The average molecular weight is 395 g/mol. The van der Waals surface area contributed by atoms with Crippen LogP contribution in [0.2, 0.25) is 10.0 Å². The molecule has 0 bridgehead atoms. The van der Waals surface area contributed by atoms with E-state index in [-0.39, 0.29) is 11.9 Å². The zero-order chi connectivity index (χ0) is 18.0. The molecule has 1 aromatic heterocycles. The number of nitrogens with one attached hydrogen (secondary N) is 2. The van der Waals surface area contributed by atoms with Crippen molar-refractivity contribution in [3.05, 3.63) is 57.5 Å². The van der Waals surface area contributed by atoms with Crippen LogP contribution < -0.4 is 10.2 Å². The van der Waals surface area contributed by atoms with Crippen molar-refractivity contribution in [2.75, 3.05) is 18.9 Å². The molecule has 7 heteroatoms. The van der Waals surface area contributed by atoms with Crippen LogP contribution in [0.15, 0.2) is 42.5 Å². The normalized spacial score (nSPS) is 13.6. The summed E-state index contributed by atoms with van der Waals surface area (Å²) in [5.41, 5.74) is 1.45. The van der Waals surface area contributed by atoms with Gasteiger partial charge in [-0.05, 0) is 31.2 Å². The van der Waals surface area contributed by atoms with Crippen molar-refractivity contribution in [3.63, 3.8) is 0 Å². The van der Waals surface area contributed by atoms with Crippen LogP contribution in [0.3, 0.4) is 0 Å². The molecule has 0 spiro atoms. The molecule has 4 nitrogen and oxygen atoms in total. The number of hydrogen-bond acceptors (Lipinski definition) is 3. The number of nitrogens with zero attached hydrogens (tertiary/aromatic N) is 1. The Morgan fingerprint density at radius 3 is 2.56 bits per heavy atom. The number of rotatable bonds is 5. The lowest BCUT2D eigenvalue weighted by Gasteiger charge is -2.19. The lowest BCUT2D eigenvalue weighted by molar-refractivity contribution is -0.902. The maximum Gasteiger partial charge on any atom is 0.279 e. The molecule has 2 N–H and O–H groups in total. The lowest BCUT2D eigenvalue weighted by atomic mass is 10.3. The molecule has 1 amide bonds. The molecule has 2 atom stereocenters. The molecule has 0 saturated heterocycles.